The molecule has 0 fully saturated rings. The van der Waals surface area contributed by atoms with Gasteiger partial charge in [-0.15, -0.1) is 0 Å². The molecule has 92 valence electrons. The summed E-state index contributed by atoms with van der Waals surface area (Å²) in [6.45, 7) is 1.95. The van der Waals surface area contributed by atoms with Gasteiger partial charge in [0.2, 0.25) is 5.88 Å². The Morgan fingerprint density at radius 3 is 2.78 bits per heavy atom. The maximum atomic E-state index is 7.32. The van der Waals surface area contributed by atoms with Crippen LogP contribution in [0.5, 0.6) is 11.6 Å². The first kappa shape index (κ1) is 12.4. The van der Waals surface area contributed by atoms with E-state index in [0.717, 1.165) is 5.56 Å². The maximum Gasteiger partial charge on any atom is 0.219 e. The van der Waals surface area contributed by atoms with E-state index in [0.29, 0.717) is 22.3 Å². The SMILES string of the molecule is Cc1ccc(Oc2cccc(C(=N)N)n2)c(Cl)c1. The number of nitrogen functional groups attached to an aromatic ring is 1. The van der Waals surface area contributed by atoms with E-state index in [-0.39, 0.29) is 5.84 Å². The smallest absolute Gasteiger partial charge is 0.219 e. The lowest BCUT2D eigenvalue weighted by Crippen LogP contribution is -2.13. The second-order valence-electron chi connectivity index (χ2n) is 3.81. The zero-order valence-electron chi connectivity index (χ0n) is 9.77. The number of pyridine rings is 1. The van der Waals surface area contributed by atoms with Crippen LogP contribution in [0, 0.1) is 12.3 Å². The minimum absolute atomic E-state index is 0.101. The molecule has 0 atom stereocenters. The van der Waals surface area contributed by atoms with Gasteiger partial charge in [0.25, 0.3) is 0 Å². The Bertz CT molecular complexity index is 599. The van der Waals surface area contributed by atoms with Crippen LogP contribution in [0.25, 0.3) is 0 Å². The third-order valence-electron chi connectivity index (χ3n) is 2.30. The van der Waals surface area contributed by atoms with Crippen LogP contribution in [-0.4, -0.2) is 10.8 Å². The summed E-state index contributed by atoms with van der Waals surface area (Å²) < 4.78 is 5.56. The molecule has 0 saturated heterocycles. The Kier molecular flexibility index (Phi) is 3.48. The van der Waals surface area contributed by atoms with Gasteiger partial charge in [0.1, 0.15) is 17.3 Å². The van der Waals surface area contributed by atoms with E-state index in [4.69, 9.17) is 27.5 Å². The number of benzene rings is 1. The van der Waals surface area contributed by atoms with Gasteiger partial charge < -0.3 is 10.5 Å². The molecular weight excluding hydrogens is 250 g/mol. The molecule has 0 aliphatic rings. The molecule has 5 heteroatoms. The fraction of sp³-hybridized carbons (Fsp3) is 0.0769. The van der Waals surface area contributed by atoms with Crippen LogP contribution in [-0.2, 0) is 0 Å². The molecule has 18 heavy (non-hydrogen) atoms. The second-order valence-corrected chi connectivity index (χ2v) is 4.22. The van der Waals surface area contributed by atoms with Crippen molar-refractivity contribution in [1.29, 1.82) is 5.41 Å². The van der Waals surface area contributed by atoms with Crippen LogP contribution < -0.4 is 10.5 Å². The number of ether oxygens (including phenoxy) is 1. The number of nitrogens with one attached hydrogen (secondary N) is 1. The number of rotatable bonds is 3. The van der Waals surface area contributed by atoms with Crippen molar-refractivity contribution < 1.29 is 4.74 Å². The van der Waals surface area contributed by atoms with E-state index in [1.165, 1.54) is 0 Å². The molecule has 3 N–H and O–H groups in total. The van der Waals surface area contributed by atoms with Crippen LogP contribution in [0.2, 0.25) is 5.02 Å². The predicted molar refractivity (Wildman–Crippen MR) is 71.5 cm³/mol. The highest BCUT2D eigenvalue weighted by molar-refractivity contribution is 6.32. The average Bonchev–Trinajstić information content (AvgIpc) is 2.33. The van der Waals surface area contributed by atoms with E-state index in [1.807, 2.05) is 19.1 Å². The van der Waals surface area contributed by atoms with Gasteiger partial charge in [0, 0.05) is 6.07 Å². The van der Waals surface area contributed by atoms with E-state index in [1.54, 1.807) is 24.3 Å². The van der Waals surface area contributed by atoms with Crippen LogP contribution in [0.4, 0.5) is 0 Å². The van der Waals surface area contributed by atoms with Crippen LogP contribution in [0.3, 0.4) is 0 Å². The highest BCUT2D eigenvalue weighted by Crippen LogP contribution is 2.29. The number of aryl methyl sites for hydroxylation is 1. The molecule has 0 spiro atoms. The molecule has 2 aromatic rings. The number of hydrogen-bond acceptors (Lipinski definition) is 3. The number of halogens is 1. The molecule has 0 aliphatic heterocycles. The monoisotopic (exact) mass is 261 g/mol. The van der Waals surface area contributed by atoms with Crippen molar-refractivity contribution in [2.24, 2.45) is 5.73 Å². The third kappa shape index (κ3) is 2.78. The minimum atomic E-state index is -0.101. The third-order valence-corrected chi connectivity index (χ3v) is 2.60. The number of hydrogen-bond donors (Lipinski definition) is 2. The fourth-order valence-electron chi connectivity index (χ4n) is 1.42. The van der Waals surface area contributed by atoms with Crippen molar-refractivity contribution in [3.8, 4) is 11.6 Å². The van der Waals surface area contributed by atoms with Gasteiger partial charge in [-0.1, -0.05) is 23.7 Å². The molecule has 0 bridgehead atoms. The highest BCUT2D eigenvalue weighted by Gasteiger charge is 2.06. The van der Waals surface area contributed by atoms with Crippen molar-refractivity contribution >= 4 is 17.4 Å². The Hall–Kier alpha value is -2.07. The predicted octanol–water partition coefficient (Wildman–Crippen LogP) is 3.12. The summed E-state index contributed by atoms with van der Waals surface area (Å²) in [5.41, 5.74) is 6.79. The van der Waals surface area contributed by atoms with Crippen LogP contribution in [0.1, 0.15) is 11.3 Å². The Labute approximate surface area is 110 Å². The first-order chi connectivity index (χ1) is 8.56. The average molecular weight is 262 g/mol. The van der Waals surface area contributed by atoms with Crippen molar-refractivity contribution in [2.45, 2.75) is 6.92 Å². The van der Waals surface area contributed by atoms with Gasteiger partial charge in [-0.2, -0.15) is 0 Å². The highest BCUT2D eigenvalue weighted by atomic mass is 35.5. The van der Waals surface area contributed by atoms with Gasteiger partial charge in [0.05, 0.1) is 5.02 Å². The van der Waals surface area contributed by atoms with Gasteiger partial charge in [0.15, 0.2) is 0 Å². The van der Waals surface area contributed by atoms with Crippen molar-refractivity contribution in [2.75, 3.05) is 0 Å². The van der Waals surface area contributed by atoms with Crippen molar-refractivity contribution in [1.82, 2.24) is 4.98 Å². The molecule has 1 aromatic heterocycles. The Morgan fingerprint density at radius 1 is 1.33 bits per heavy atom. The fourth-order valence-corrected chi connectivity index (χ4v) is 1.70. The molecule has 1 aromatic carbocycles. The minimum Gasteiger partial charge on any atom is -0.437 e. The summed E-state index contributed by atoms with van der Waals surface area (Å²) in [5.74, 6) is 0.777. The van der Waals surface area contributed by atoms with Crippen LogP contribution >= 0.6 is 11.6 Å². The second kappa shape index (κ2) is 5.06. The molecule has 0 amide bonds. The molecule has 2 rings (SSSR count). The van der Waals surface area contributed by atoms with Gasteiger partial charge >= 0.3 is 0 Å². The summed E-state index contributed by atoms with van der Waals surface area (Å²) in [6, 6.07) is 10.5. The standard InChI is InChI=1S/C13H12ClN3O/c1-8-5-6-11(9(14)7-8)18-12-4-2-3-10(17-12)13(15)16/h2-7H,1H3,(H3,15,16). The first-order valence-electron chi connectivity index (χ1n) is 5.32. The summed E-state index contributed by atoms with van der Waals surface area (Å²) in [5, 5.41) is 7.83. The first-order valence-corrected chi connectivity index (χ1v) is 5.69. The Morgan fingerprint density at radius 2 is 2.11 bits per heavy atom. The Balaban J connectivity index is 2.28. The summed E-state index contributed by atoms with van der Waals surface area (Å²) in [4.78, 5) is 4.10. The van der Waals surface area contributed by atoms with Crippen LogP contribution in [0.15, 0.2) is 36.4 Å². The zero-order chi connectivity index (χ0) is 13.1. The van der Waals surface area contributed by atoms with E-state index in [2.05, 4.69) is 4.98 Å². The topological polar surface area (TPSA) is 72.0 Å². The molecular formula is C13H12ClN3O. The normalized spacial score (nSPS) is 10.1. The summed E-state index contributed by atoms with van der Waals surface area (Å²) in [6.07, 6.45) is 0. The quantitative estimate of drug-likeness (QED) is 0.659. The van der Waals surface area contributed by atoms with Crippen molar-refractivity contribution in [3.05, 3.63) is 52.7 Å². The maximum absolute atomic E-state index is 7.32. The summed E-state index contributed by atoms with van der Waals surface area (Å²) in [7, 11) is 0. The van der Waals surface area contributed by atoms with Crippen molar-refractivity contribution in [3.63, 3.8) is 0 Å². The van der Waals surface area contributed by atoms with Gasteiger partial charge in [-0.3, -0.25) is 5.41 Å². The van der Waals surface area contributed by atoms with Gasteiger partial charge in [-0.25, -0.2) is 4.98 Å². The molecule has 0 unspecified atom stereocenters. The zero-order valence-corrected chi connectivity index (χ0v) is 10.5. The lowest BCUT2D eigenvalue weighted by molar-refractivity contribution is 0.462. The lowest BCUT2D eigenvalue weighted by Gasteiger charge is -2.08. The lowest BCUT2D eigenvalue weighted by atomic mass is 10.2. The number of nitrogens with zero attached hydrogens (tertiary/aromatic N) is 1. The van der Waals surface area contributed by atoms with Gasteiger partial charge in [-0.05, 0) is 30.7 Å². The molecule has 4 nitrogen and oxygen atoms in total. The number of aromatic nitrogens is 1. The molecule has 0 saturated carbocycles. The number of amidine groups is 1. The molecule has 0 radical (unpaired) electrons. The molecule has 0 aliphatic carbocycles. The van der Waals surface area contributed by atoms with E-state index in [9.17, 15) is 0 Å². The summed E-state index contributed by atoms with van der Waals surface area (Å²) >= 11 is 6.06. The van der Waals surface area contributed by atoms with E-state index < -0.39 is 0 Å². The van der Waals surface area contributed by atoms with E-state index >= 15 is 0 Å². The largest absolute Gasteiger partial charge is 0.437 e. The number of nitrogens with two attached hydrogens (primary N) is 1. The molecule has 1 heterocycles.